The Balaban J connectivity index is 1.50. The van der Waals surface area contributed by atoms with Crippen LogP contribution in [0, 0.1) is 23.7 Å². The van der Waals surface area contributed by atoms with Crippen LogP contribution in [0.5, 0.6) is 0 Å². The number of halogens is 1. The van der Waals surface area contributed by atoms with E-state index < -0.39 is 0 Å². The Bertz CT molecular complexity index is 1250. The lowest BCUT2D eigenvalue weighted by Gasteiger charge is -2.61. The summed E-state index contributed by atoms with van der Waals surface area (Å²) >= 11 is 6.67. The van der Waals surface area contributed by atoms with Gasteiger partial charge in [-0.05, 0) is 107 Å². The SMILES string of the molecule is CC(C)(C)c1ccc2c(c1)C1(c3cc(-c4ccccc4Cl)ccc3-2)C2CC3CC(C2)CC1C3. The van der Waals surface area contributed by atoms with Crippen LogP contribution in [0.1, 0.15) is 69.6 Å². The fourth-order valence-corrected chi connectivity index (χ4v) is 8.77. The minimum Gasteiger partial charge on any atom is -0.0837 e. The van der Waals surface area contributed by atoms with Gasteiger partial charge in [-0.15, -0.1) is 0 Å². The maximum atomic E-state index is 6.67. The second kappa shape index (κ2) is 6.76. The van der Waals surface area contributed by atoms with Crippen molar-refractivity contribution in [1.29, 1.82) is 0 Å². The smallest absolute Gasteiger partial charge is 0.0484 e. The van der Waals surface area contributed by atoms with E-state index in [1.807, 2.05) is 12.1 Å². The molecule has 4 fully saturated rings. The van der Waals surface area contributed by atoms with Gasteiger partial charge in [-0.1, -0.05) is 80.9 Å². The lowest BCUT2D eigenvalue weighted by molar-refractivity contribution is -0.0399. The molecule has 0 aromatic heterocycles. The molecule has 3 aromatic carbocycles. The van der Waals surface area contributed by atoms with Gasteiger partial charge in [0.25, 0.3) is 0 Å². The molecule has 0 unspecified atom stereocenters. The zero-order valence-electron chi connectivity index (χ0n) is 20.0. The minimum atomic E-state index is 0.166. The quantitative estimate of drug-likeness (QED) is 0.345. The summed E-state index contributed by atoms with van der Waals surface area (Å²) in [4.78, 5) is 0. The molecular weight excluding hydrogens is 420 g/mol. The summed E-state index contributed by atoms with van der Waals surface area (Å²) in [5, 5.41) is 0.849. The first-order chi connectivity index (χ1) is 15.9. The van der Waals surface area contributed by atoms with E-state index in [-0.39, 0.29) is 10.8 Å². The summed E-state index contributed by atoms with van der Waals surface area (Å²) in [6.07, 6.45) is 7.16. The van der Waals surface area contributed by atoms with Gasteiger partial charge >= 0.3 is 0 Å². The average Bonchev–Trinajstić information content (AvgIpc) is 3.06. The molecule has 0 heterocycles. The highest BCUT2D eigenvalue weighted by atomic mass is 35.5. The van der Waals surface area contributed by atoms with E-state index >= 15 is 0 Å². The van der Waals surface area contributed by atoms with E-state index in [1.165, 1.54) is 54.4 Å². The summed E-state index contributed by atoms with van der Waals surface area (Å²) in [7, 11) is 0. The number of hydrogen-bond acceptors (Lipinski definition) is 0. The molecule has 168 valence electrons. The number of hydrogen-bond donors (Lipinski definition) is 0. The Morgan fingerprint density at radius 2 is 1.30 bits per heavy atom. The molecule has 0 amide bonds. The fraction of sp³-hybridized carbons (Fsp3) is 0.438. The molecule has 0 saturated heterocycles. The van der Waals surface area contributed by atoms with Crippen LogP contribution in [-0.4, -0.2) is 0 Å². The van der Waals surface area contributed by atoms with Crippen LogP contribution in [0.15, 0.2) is 60.7 Å². The third kappa shape index (κ3) is 2.71. The molecule has 0 aliphatic heterocycles. The third-order valence-electron chi connectivity index (χ3n) is 9.70. The Morgan fingerprint density at radius 3 is 1.94 bits per heavy atom. The second-order valence-corrected chi connectivity index (χ2v) is 12.8. The molecule has 8 rings (SSSR count). The predicted molar refractivity (Wildman–Crippen MR) is 139 cm³/mol. The van der Waals surface area contributed by atoms with Gasteiger partial charge in [-0.2, -0.15) is 0 Å². The molecule has 4 saturated carbocycles. The topological polar surface area (TPSA) is 0 Å². The monoisotopic (exact) mass is 452 g/mol. The molecule has 0 atom stereocenters. The predicted octanol–water partition coefficient (Wildman–Crippen LogP) is 9.03. The van der Waals surface area contributed by atoms with Gasteiger partial charge in [-0.25, -0.2) is 0 Å². The van der Waals surface area contributed by atoms with Gasteiger partial charge in [0, 0.05) is 16.0 Å². The molecule has 0 N–H and O–H groups in total. The number of fused-ring (bicyclic) bond motifs is 3. The summed E-state index contributed by atoms with van der Waals surface area (Å²) in [5.41, 5.74) is 10.5. The van der Waals surface area contributed by atoms with E-state index in [0.717, 1.165) is 34.3 Å². The first-order valence-corrected chi connectivity index (χ1v) is 13.3. The zero-order chi connectivity index (χ0) is 22.5. The van der Waals surface area contributed by atoms with Crippen LogP contribution in [0.2, 0.25) is 5.02 Å². The van der Waals surface area contributed by atoms with Gasteiger partial charge in [0.2, 0.25) is 0 Å². The lowest BCUT2D eigenvalue weighted by Crippen LogP contribution is -2.55. The van der Waals surface area contributed by atoms with Crippen LogP contribution < -0.4 is 0 Å². The Kier molecular flexibility index (Phi) is 4.16. The lowest BCUT2D eigenvalue weighted by atomic mass is 9.43. The van der Waals surface area contributed by atoms with Crippen molar-refractivity contribution in [3.63, 3.8) is 0 Å². The van der Waals surface area contributed by atoms with Crippen LogP contribution in [-0.2, 0) is 10.8 Å². The molecule has 5 aliphatic rings. The van der Waals surface area contributed by atoms with E-state index in [1.54, 1.807) is 11.1 Å². The van der Waals surface area contributed by atoms with Crippen molar-refractivity contribution in [3.8, 4) is 22.3 Å². The van der Waals surface area contributed by atoms with Crippen molar-refractivity contribution < 1.29 is 0 Å². The van der Waals surface area contributed by atoms with Crippen LogP contribution in [0.25, 0.3) is 22.3 Å². The highest BCUT2D eigenvalue weighted by Gasteiger charge is 2.61. The fourth-order valence-electron chi connectivity index (χ4n) is 8.52. The van der Waals surface area contributed by atoms with E-state index in [4.69, 9.17) is 11.6 Å². The zero-order valence-corrected chi connectivity index (χ0v) is 20.8. The first kappa shape index (κ1) is 20.3. The van der Waals surface area contributed by atoms with Crippen molar-refractivity contribution in [3.05, 3.63) is 82.4 Å². The Hall–Kier alpha value is -2.05. The van der Waals surface area contributed by atoms with Crippen LogP contribution in [0.3, 0.4) is 0 Å². The van der Waals surface area contributed by atoms with Crippen molar-refractivity contribution in [2.75, 3.05) is 0 Å². The van der Waals surface area contributed by atoms with Gasteiger partial charge < -0.3 is 0 Å². The molecule has 0 nitrogen and oxygen atoms in total. The minimum absolute atomic E-state index is 0.166. The summed E-state index contributed by atoms with van der Waals surface area (Å²) in [6, 6.07) is 23.0. The number of rotatable bonds is 1. The molecule has 1 spiro atoms. The highest BCUT2D eigenvalue weighted by molar-refractivity contribution is 6.33. The van der Waals surface area contributed by atoms with E-state index in [9.17, 15) is 0 Å². The average molecular weight is 453 g/mol. The molecule has 4 bridgehead atoms. The Labute approximate surface area is 203 Å². The summed E-state index contributed by atoms with van der Waals surface area (Å²) in [5.74, 6) is 3.49. The van der Waals surface area contributed by atoms with Gasteiger partial charge in [0.1, 0.15) is 0 Å². The van der Waals surface area contributed by atoms with Gasteiger partial charge in [0.15, 0.2) is 0 Å². The highest BCUT2D eigenvalue weighted by Crippen LogP contribution is 2.69. The molecule has 3 aromatic rings. The van der Waals surface area contributed by atoms with E-state index in [0.29, 0.717) is 0 Å². The molecular formula is C32H33Cl. The largest absolute Gasteiger partial charge is 0.0837 e. The van der Waals surface area contributed by atoms with E-state index in [2.05, 4.69) is 69.3 Å². The van der Waals surface area contributed by atoms with Gasteiger partial charge in [-0.3, -0.25) is 0 Å². The Morgan fingerprint density at radius 1 is 0.697 bits per heavy atom. The van der Waals surface area contributed by atoms with Crippen molar-refractivity contribution in [1.82, 2.24) is 0 Å². The summed E-state index contributed by atoms with van der Waals surface area (Å²) < 4.78 is 0. The molecule has 5 aliphatic carbocycles. The van der Waals surface area contributed by atoms with Crippen molar-refractivity contribution in [2.45, 2.75) is 63.7 Å². The molecule has 0 radical (unpaired) electrons. The third-order valence-corrected chi connectivity index (χ3v) is 10.0. The standard InChI is InChI=1S/C32H33Cl/c1-31(2,3)22-9-11-27-26-10-8-21(25-6-4-5-7-30(25)33)17-28(26)32(29(27)18-22)23-13-19-12-20(15-23)16-24(32)14-19/h4-11,17-20,23-24H,12-16H2,1-3H3. The van der Waals surface area contributed by atoms with Crippen LogP contribution >= 0.6 is 11.6 Å². The number of benzene rings is 3. The molecule has 33 heavy (non-hydrogen) atoms. The second-order valence-electron chi connectivity index (χ2n) is 12.4. The van der Waals surface area contributed by atoms with Crippen molar-refractivity contribution >= 4 is 11.6 Å². The first-order valence-electron chi connectivity index (χ1n) is 12.9. The van der Waals surface area contributed by atoms with Crippen LogP contribution in [0.4, 0.5) is 0 Å². The maximum absolute atomic E-state index is 6.67. The molecule has 1 heteroatoms. The maximum Gasteiger partial charge on any atom is 0.0484 e. The van der Waals surface area contributed by atoms with Gasteiger partial charge in [0.05, 0.1) is 0 Å². The normalized spacial score (nSPS) is 31.2. The van der Waals surface area contributed by atoms with Crippen molar-refractivity contribution in [2.24, 2.45) is 23.7 Å². The summed E-state index contributed by atoms with van der Waals surface area (Å²) in [6.45, 7) is 7.07.